The molecule has 0 amide bonds. The number of hydrogen-bond donors (Lipinski definition) is 2. The lowest BCUT2D eigenvalue weighted by molar-refractivity contribution is 0.267. The average Bonchev–Trinajstić information content (AvgIpc) is 3.43. The van der Waals surface area contributed by atoms with Crippen LogP contribution in [0, 0.1) is 5.92 Å². The largest absolute Gasteiger partial charge is 0.493 e. The predicted molar refractivity (Wildman–Crippen MR) is 117 cm³/mol. The van der Waals surface area contributed by atoms with Crippen molar-refractivity contribution in [2.75, 3.05) is 33.3 Å². The molecule has 3 unspecified atom stereocenters. The predicted octanol–water partition coefficient (Wildman–Crippen LogP) is 2.82. The summed E-state index contributed by atoms with van der Waals surface area (Å²) in [6, 6.07) is 9.74. The molecule has 26 heavy (non-hydrogen) atoms. The number of benzene rings is 1. The van der Waals surface area contributed by atoms with Crippen LogP contribution in [-0.2, 0) is 0 Å². The number of fused-ring (bicyclic) bond motifs is 1. The number of aliphatic imine (C=N–C) groups is 1. The van der Waals surface area contributed by atoms with Crippen molar-refractivity contribution in [2.24, 2.45) is 10.9 Å². The number of ether oxygens (including phenoxy) is 1. The van der Waals surface area contributed by atoms with Gasteiger partial charge in [-0.2, -0.15) is 0 Å². The van der Waals surface area contributed by atoms with E-state index in [1.807, 2.05) is 13.1 Å². The van der Waals surface area contributed by atoms with Crippen LogP contribution < -0.4 is 15.4 Å². The molecule has 1 saturated heterocycles. The van der Waals surface area contributed by atoms with Gasteiger partial charge in [0, 0.05) is 44.7 Å². The average molecular weight is 470 g/mol. The summed E-state index contributed by atoms with van der Waals surface area (Å²) >= 11 is 0. The molecule has 0 radical (unpaired) electrons. The maximum atomic E-state index is 5.77. The minimum Gasteiger partial charge on any atom is -0.493 e. The minimum absolute atomic E-state index is 0. The lowest BCUT2D eigenvalue weighted by Crippen LogP contribution is -2.47. The van der Waals surface area contributed by atoms with Gasteiger partial charge in [0.05, 0.1) is 6.61 Å². The van der Waals surface area contributed by atoms with Crippen LogP contribution in [0.2, 0.25) is 0 Å². The SMILES string of the molecule is CN=C(NCC1CCOc2ccccc21)NC1CN(C2CC2)CC1C.I. The normalized spacial score (nSPS) is 28.7. The molecule has 0 aromatic heterocycles. The Balaban J connectivity index is 0.00000196. The van der Waals surface area contributed by atoms with Crippen molar-refractivity contribution in [1.82, 2.24) is 15.5 Å². The van der Waals surface area contributed by atoms with Gasteiger partial charge in [-0.1, -0.05) is 25.1 Å². The number of guanidine groups is 1. The molecule has 2 heterocycles. The maximum absolute atomic E-state index is 5.77. The van der Waals surface area contributed by atoms with Crippen LogP contribution in [0.4, 0.5) is 0 Å². The van der Waals surface area contributed by atoms with E-state index in [4.69, 9.17) is 4.74 Å². The Morgan fingerprint density at radius 1 is 1.23 bits per heavy atom. The van der Waals surface area contributed by atoms with Crippen molar-refractivity contribution in [3.05, 3.63) is 29.8 Å². The number of para-hydroxylation sites is 1. The third kappa shape index (κ3) is 4.44. The van der Waals surface area contributed by atoms with Gasteiger partial charge in [0.2, 0.25) is 0 Å². The lowest BCUT2D eigenvalue weighted by atomic mass is 9.93. The molecule has 2 fully saturated rings. The van der Waals surface area contributed by atoms with E-state index in [1.54, 1.807) is 0 Å². The summed E-state index contributed by atoms with van der Waals surface area (Å²) < 4.78 is 5.77. The van der Waals surface area contributed by atoms with Gasteiger partial charge in [0.15, 0.2) is 5.96 Å². The Kier molecular flexibility index (Phi) is 6.66. The van der Waals surface area contributed by atoms with E-state index >= 15 is 0 Å². The molecule has 2 N–H and O–H groups in total. The van der Waals surface area contributed by atoms with E-state index in [0.717, 1.165) is 43.9 Å². The molecule has 0 bridgehead atoms. The summed E-state index contributed by atoms with van der Waals surface area (Å²) in [7, 11) is 1.87. The molecule has 4 rings (SSSR count). The zero-order valence-corrected chi connectivity index (χ0v) is 18.1. The van der Waals surface area contributed by atoms with Crippen LogP contribution >= 0.6 is 24.0 Å². The molecule has 3 aliphatic rings. The molecule has 1 saturated carbocycles. The van der Waals surface area contributed by atoms with Crippen molar-refractivity contribution < 1.29 is 4.74 Å². The van der Waals surface area contributed by atoms with Gasteiger partial charge in [-0.25, -0.2) is 0 Å². The van der Waals surface area contributed by atoms with Gasteiger partial charge in [0.1, 0.15) is 5.75 Å². The fourth-order valence-electron chi connectivity index (χ4n) is 4.15. The molecular weight excluding hydrogens is 439 g/mol. The molecule has 1 aromatic rings. The van der Waals surface area contributed by atoms with Crippen molar-refractivity contribution >= 4 is 29.9 Å². The zero-order chi connectivity index (χ0) is 17.2. The highest BCUT2D eigenvalue weighted by molar-refractivity contribution is 14.0. The smallest absolute Gasteiger partial charge is 0.191 e. The highest BCUT2D eigenvalue weighted by Crippen LogP contribution is 2.33. The van der Waals surface area contributed by atoms with Crippen molar-refractivity contribution in [3.8, 4) is 5.75 Å². The van der Waals surface area contributed by atoms with Gasteiger partial charge in [-0.3, -0.25) is 9.89 Å². The Morgan fingerprint density at radius 3 is 2.81 bits per heavy atom. The quantitative estimate of drug-likeness (QED) is 0.404. The summed E-state index contributed by atoms with van der Waals surface area (Å²) in [5.41, 5.74) is 1.31. The van der Waals surface area contributed by atoms with Gasteiger partial charge in [0.25, 0.3) is 0 Å². The second kappa shape index (κ2) is 8.78. The Labute approximate surface area is 174 Å². The Morgan fingerprint density at radius 2 is 2.04 bits per heavy atom. The maximum Gasteiger partial charge on any atom is 0.191 e. The molecule has 2 aliphatic heterocycles. The second-order valence-corrected chi connectivity index (χ2v) is 7.74. The first-order valence-electron chi connectivity index (χ1n) is 9.67. The van der Waals surface area contributed by atoms with Crippen LogP contribution in [0.25, 0.3) is 0 Å². The highest BCUT2D eigenvalue weighted by atomic mass is 127. The first-order valence-corrected chi connectivity index (χ1v) is 9.67. The number of rotatable bonds is 4. The summed E-state index contributed by atoms with van der Waals surface area (Å²) in [5.74, 6) is 3.11. The molecule has 144 valence electrons. The third-order valence-electron chi connectivity index (χ3n) is 5.85. The van der Waals surface area contributed by atoms with E-state index in [2.05, 4.69) is 45.6 Å². The number of likely N-dealkylation sites (tertiary alicyclic amines) is 1. The van der Waals surface area contributed by atoms with E-state index < -0.39 is 0 Å². The first kappa shape index (κ1) is 19.7. The fourth-order valence-corrected chi connectivity index (χ4v) is 4.15. The Hall–Kier alpha value is -1.02. The van der Waals surface area contributed by atoms with Gasteiger partial charge < -0.3 is 15.4 Å². The number of halogens is 1. The molecule has 1 aliphatic carbocycles. The monoisotopic (exact) mass is 470 g/mol. The van der Waals surface area contributed by atoms with Crippen LogP contribution in [0.1, 0.15) is 37.7 Å². The van der Waals surface area contributed by atoms with Gasteiger partial charge in [-0.15, -0.1) is 24.0 Å². The summed E-state index contributed by atoms with van der Waals surface area (Å²) in [5, 5.41) is 7.21. The van der Waals surface area contributed by atoms with Crippen LogP contribution in [0.5, 0.6) is 5.75 Å². The lowest BCUT2D eigenvalue weighted by Gasteiger charge is -2.27. The van der Waals surface area contributed by atoms with Crippen molar-refractivity contribution in [3.63, 3.8) is 0 Å². The third-order valence-corrected chi connectivity index (χ3v) is 5.85. The van der Waals surface area contributed by atoms with Crippen LogP contribution in [0.3, 0.4) is 0 Å². The van der Waals surface area contributed by atoms with E-state index in [1.165, 1.54) is 24.9 Å². The topological polar surface area (TPSA) is 48.9 Å². The molecule has 0 spiro atoms. The summed E-state index contributed by atoms with van der Waals surface area (Å²) in [6.45, 7) is 6.40. The fraction of sp³-hybridized carbons (Fsp3) is 0.650. The molecule has 6 heteroatoms. The zero-order valence-electron chi connectivity index (χ0n) is 15.8. The number of nitrogens with one attached hydrogen (secondary N) is 2. The Bertz CT molecular complexity index is 634. The summed E-state index contributed by atoms with van der Waals surface area (Å²) in [4.78, 5) is 7.10. The summed E-state index contributed by atoms with van der Waals surface area (Å²) in [6.07, 6.45) is 3.82. The minimum atomic E-state index is 0. The number of hydrogen-bond acceptors (Lipinski definition) is 3. The number of nitrogens with zero attached hydrogens (tertiary/aromatic N) is 2. The molecule has 5 nitrogen and oxygen atoms in total. The van der Waals surface area contributed by atoms with Crippen molar-refractivity contribution in [1.29, 1.82) is 0 Å². The van der Waals surface area contributed by atoms with Gasteiger partial charge >= 0.3 is 0 Å². The van der Waals surface area contributed by atoms with Gasteiger partial charge in [-0.05, 0) is 36.8 Å². The molecule has 1 aromatic carbocycles. The highest BCUT2D eigenvalue weighted by Gasteiger charge is 2.38. The van der Waals surface area contributed by atoms with E-state index in [9.17, 15) is 0 Å². The van der Waals surface area contributed by atoms with E-state index in [0.29, 0.717) is 17.9 Å². The van der Waals surface area contributed by atoms with Crippen LogP contribution in [-0.4, -0.2) is 56.2 Å². The molecular formula is C20H31IN4O. The molecule has 3 atom stereocenters. The standard InChI is InChI=1S/C20H30N4O.HI/c1-14-12-24(16-7-8-16)13-18(14)23-20(21-2)22-11-15-9-10-25-19-6-4-3-5-17(15)19;/h3-6,14-16,18H,7-13H2,1-2H3,(H2,21,22,23);1H. The van der Waals surface area contributed by atoms with Crippen molar-refractivity contribution in [2.45, 2.75) is 44.2 Å². The second-order valence-electron chi connectivity index (χ2n) is 7.74. The van der Waals surface area contributed by atoms with Crippen LogP contribution in [0.15, 0.2) is 29.3 Å². The van der Waals surface area contributed by atoms with E-state index in [-0.39, 0.29) is 24.0 Å². The first-order chi connectivity index (χ1) is 12.2.